The minimum atomic E-state index is 0.580. The Balaban J connectivity index is 0.000000448. The molecule has 0 aliphatic carbocycles. The third kappa shape index (κ3) is 6.12. The number of aromatic amines is 2. The summed E-state index contributed by atoms with van der Waals surface area (Å²) in [6, 6.07) is 0. The van der Waals surface area contributed by atoms with Crippen LogP contribution in [-0.4, -0.2) is 77.5 Å². The van der Waals surface area contributed by atoms with Crippen molar-refractivity contribution in [2.75, 3.05) is 51.4 Å². The third-order valence-corrected chi connectivity index (χ3v) is 4.93. The van der Waals surface area contributed by atoms with Gasteiger partial charge in [0.05, 0.1) is 30.8 Å². The van der Waals surface area contributed by atoms with Gasteiger partial charge in [-0.05, 0) is 31.4 Å². The molecule has 9 nitrogen and oxygen atoms in total. The molecule has 2 aromatic heterocycles. The lowest BCUT2D eigenvalue weighted by Crippen LogP contribution is -2.37. The molecule has 2 aliphatic rings. The lowest BCUT2D eigenvalue weighted by molar-refractivity contribution is -0.105. The van der Waals surface area contributed by atoms with Crippen molar-refractivity contribution >= 4 is 18.2 Å². The van der Waals surface area contributed by atoms with Crippen LogP contribution >= 0.6 is 0 Å². The van der Waals surface area contributed by atoms with E-state index in [1.54, 1.807) is 6.20 Å². The minimum Gasteiger partial charge on any atom is -0.381 e. The first kappa shape index (κ1) is 21.9. The van der Waals surface area contributed by atoms with Gasteiger partial charge in [-0.25, -0.2) is 4.98 Å². The number of aryl methyl sites for hydroxylation is 1. The molecule has 0 bridgehead atoms. The van der Waals surface area contributed by atoms with Crippen LogP contribution in [0.15, 0.2) is 24.4 Å². The molecule has 0 saturated carbocycles. The highest BCUT2D eigenvalue weighted by atomic mass is 16.5. The predicted octanol–water partition coefficient (Wildman–Crippen LogP) is 2.37. The summed E-state index contributed by atoms with van der Waals surface area (Å²) >= 11 is 0. The van der Waals surface area contributed by atoms with Gasteiger partial charge in [0.2, 0.25) is 6.41 Å². The number of carbonyl (C=O) groups excluding carboxylic acids is 1. The van der Waals surface area contributed by atoms with Crippen molar-refractivity contribution in [3.05, 3.63) is 35.8 Å². The Morgan fingerprint density at radius 1 is 1.27 bits per heavy atom. The summed E-state index contributed by atoms with van der Waals surface area (Å²) in [5.41, 5.74) is 4.09. The number of ether oxygens (including phenoxy) is 2. The first-order valence-electron chi connectivity index (χ1n) is 10.2. The van der Waals surface area contributed by atoms with Crippen molar-refractivity contribution in [3.8, 4) is 11.5 Å². The monoisotopic (exact) mass is 414 g/mol. The van der Waals surface area contributed by atoms with Crippen LogP contribution in [0, 0.1) is 6.92 Å². The molecule has 2 fully saturated rings. The van der Waals surface area contributed by atoms with Crippen LogP contribution in [0.3, 0.4) is 0 Å². The fraction of sp³-hybridized carbons (Fsp3) is 0.476. The lowest BCUT2D eigenvalue weighted by Gasteiger charge is -2.26. The molecule has 1 amide bonds. The van der Waals surface area contributed by atoms with Gasteiger partial charge in [-0.2, -0.15) is 5.10 Å². The smallest absolute Gasteiger partial charge is 0.211 e. The van der Waals surface area contributed by atoms with Crippen LogP contribution in [0.5, 0.6) is 0 Å². The van der Waals surface area contributed by atoms with E-state index < -0.39 is 0 Å². The number of nitrogens with one attached hydrogen (secondary N) is 3. The Labute approximate surface area is 176 Å². The Hall–Kier alpha value is -2.75. The zero-order valence-corrected chi connectivity index (χ0v) is 17.4. The van der Waals surface area contributed by atoms with Gasteiger partial charge in [0.15, 0.2) is 5.82 Å². The maximum atomic E-state index is 10.7. The number of hydrogen-bond donors (Lipinski definition) is 3. The Morgan fingerprint density at radius 3 is 2.63 bits per heavy atom. The zero-order chi connectivity index (χ0) is 21.2. The normalized spacial score (nSPS) is 17.3. The second-order valence-electron chi connectivity index (χ2n) is 7.15. The highest BCUT2D eigenvalue weighted by Crippen LogP contribution is 2.24. The quantitative estimate of drug-likeness (QED) is 0.474. The molecule has 0 atom stereocenters. The van der Waals surface area contributed by atoms with Crippen molar-refractivity contribution in [2.45, 2.75) is 19.8 Å². The largest absolute Gasteiger partial charge is 0.381 e. The predicted molar refractivity (Wildman–Crippen MR) is 116 cm³/mol. The SMILES string of the molecule is C1CCOC1.C=C/C(=C\c1nc(-c2[nH]ncc2NC=O)[nH]c1C)CN1CCOCC1. The van der Waals surface area contributed by atoms with E-state index in [0.717, 1.165) is 63.0 Å². The van der Waals surface area contributed by atoms with Gasteiger partial charge in [-0.1, -0.05) is 12.7 Å². The van der Waals surface area contributed by atoms with E-state index in [4.69, 9.17) is 9.47 Å². The van der Waals surface area contributed by atoms with E-state index in [-0.39, 0.29) is 0 Å². The molecule has 30 heavy (non-hydrogen) atoms. The van der Waals surface area contributed by atoms with E-state index in [2.05, 4.69) is 37.0 Å². The molecule has 9 heteroatoms. The summed E-state index contributed by atoms with van der Waals surface area (Å²) < 4.78 is 10.3. The number of anilines is 1. The average molecular weight is 415 g/mol. The van der Waals surface area contributed by atoms with Crippen LogP contribution in [0.2, 0.25) is 0 Å². The number of carbonyl (C=O) groups is 1. The fourth-order valence-electron chi connectivity index (χ4n) is 3.24. The number of morpholine rings is 1. The molecular formula is C21H30N6O3. The molecule has 162 valence electrons. The number of aromatic nitrogens is 4. The van der Waals surface area contributed by atoms with E-state index in [1.807, 2.05) is 19.1 Å². The summed E-state index contributed by atoms with van der Waals surface area (Å²) in [4.78, 5) is 20.9. The minimum absolute atomic E-state index is 0.580. The highest BCUT2D eigenvalue weighted by molar-refractivity contribution is 5.80. The average Bonchev–Trinajstić information content (AvgIpc) is 3.52. The van der Waals surface area contributed by atoms with Crippen molar-refractivity contribution in [3.63, 3.8) is 0 Å². The number of nitrogens with zero attached hydrogens (tertiary/aromatic N) is 3. The second-order valence-corrected chi connectivity index (χ2v) is 7.15. The van der Waals surface area contributed by atoms with Gasteiger partial charge >= 0.3 is 0 Å². The lowest BCUT2D eigenvalue weighted by atomic mass is 10.2. The van der Waals surface area contributed by atoms with Crippen LogP contribution in [0.4, 0.5) is 5.69 Å². The van der Waals surface area contributed by atoms with E-state index in [9.17, 15) is 4.79 Å². The van der Waals surface area contributed by atoms with Crippen molar-refractivity contribution < 1.29 is 14.3 Å². The molecule has 0 radical (unpaired) electrons. The van der Waals surface area contributed by atoms with Crippen molar-refractivity contribution in [2.24, 2.45) is 0 Å². The molecule has 0 unspecified atom stereocenters. The summed E-state index contributed by atoms with van der Waals surface area (Å²) in [5, 5.41) is 9.41. The topological polar surface area (TPSA) is 108 Å². The molecule has 4 rings (SSSR count). The zero-order valence-electron chi connectivity index (χ0n) is 17.4. The Kier molecular flexibility index (Phi) is 8.37. The first-order valence-corrected chi connectivity index (χ1v) is 10.2. The van der Waals surface area contributed by atoms with Crippen LogP contribution in [0.1, 0.15) is 24.2 Å². The van der Waals surface area contributed by atoms with Crippen LogP contribution in [-0.2, 0) is 14.3 Å². The maximum absolute atomic E-state index is 10.7. The summed E-state index contributed by atoms with van der Waals surface area (Å²) in [6.07, 6.45) is 8.60. The maximum Gasteiger partial charge on any atom is 0.211 e. The van der Waals surface area contributed by atoms with Crippen molar-refractivity contribution in [1.82, 2.24) is 25.1 Å². The molecule has 0 aromatic carbocycles. The van der Waals surface area contributed by atoms with Gasteiger partial charge in [-0.3, -0.25) is 14.8 Å². The van der Waals surface area contributed by atoms with E-state index >= 15 is 0 Å². The molecule has 4 heterocycles. The standard InChI is InChI=1S/C17H22N6O2.C4H8O/c1-3-13(10-23-4-6-25-7-5-23)8-14-12(2)20-17(21-14)16-15(18-11-24)9-19-22-16;1-2-4-5-3-1/h3,8-9,11H,1,4-7,10H2,2H3,(H,18,24)(H,19,22)(H,20,21);1-4H2/b13-8+;. The highest BCUT2D eigenvalue weighted by Gasteiger charge is 2.15. The third-order valence-electron chi connectivity index (χ3n) is 4.93. The van der Waals surface area contributed by atoms with Gasteiger partial charge in [-0.15, -0.1) is 0 Å². The van der Waals surface area contributed by atoms with Crippen LogP contribution < -0.4 is 5.32 Å². The Morgan fingerprint density at radius 2 is 2.00 bits per heavy atom. The van der Waals surface area contributed by atoms with E-state index in [1.165, 1.54) is 12.8 Å². The van der Waals surface area contributed by atoms with Gasteiger partial charge < -0.3 is 19.8 Å². The molecule has 2 saturated heterocycles. The number of imidazole rings is 1. The van der Waals surface area contributed by atoms with E-state index in [0.29, 0.717) is 23.6 Å². The van der Waals surface area contributed by atoms with Gasteiger partial charge in [0.25, 0.3) is 0 Å². The number of hydrogen-bond acceptors (Lipinski definition) is 6. The van der Waals surface area contributed by atoms with Gasteiger partial charge in [0, 0.05) is 38.5 Å². The fourth-order valence-corrected chi connectivity index (χ4v) is 3.24. The molecule has 2 aliphatic heterocycles. The molecule has 3 N–H and O–H groups in total. The molecule has 2 aromatic rings. The first-order chi connectivity index (χ1) is 14.7. The number of H-pyrrole nitrogens is 2. The van der Waals surface area contributed by atoms with Crippen molar-refractivity contribution in [1.29, 1.82) is 0 Å². The van der Waals surface area contributed by atoms with Crippen LogP contribution in [0.25, 0.3) is 17.6 Å². The Bertz CT molecular complexity index is 839. The second kappa shape index (κ2) is 11.4. The van der Waals surface area contributed by atoms with Gasteiger partial charge in [0.1, 0.15) is 5.69 Å². The number of rotatable bonds is 7. The summed E-state index contributed by atoms with van der Waals surface area (Å²) in [7, 11) is 0. The number of amides is 1. The summed E-state index contributed by atoms with van der Waals surface area (Å²) in [6.45, 7) is 12.1. The summed E-state index contributed by atoms with van der Waals surface area (Å²) in [5.74, 6) is 0.625. The molecule has 0 spiro atoms. The molecular weight excluding hydrogens is 384 g/mol.